The fraction of sp³-hybridized carbons (Fsp3) is 0.467. The number of halogens is 4. The summed E-state index contributed by atoms with van der Waals surface area (Å²) in [5, 5.41) is -6.06. The molecular formula is C15H16F4O7S. The fourth-order valence-electron chi connectivity index (χ4n) is 1.59. The maximum Gasteiger partial charge on any atom is 0.443 e. The summed E-state index contributed by atoms with van der Waals surface area (Å²) in [6, 6.07) is 4.82. The van der Waals surface area contributed by atoms with Gasteiger partial charge in [0.05, 0.1) is 5.56 Å². The summed E-state index contributed by atoms with van der Waals surface area (Å²) in [7, 11) is -6.55. The van der Waals surface area contributed by atoms with Crippen LogP contribution < -0.4 is 0 Å². The minimum Gasteiger partial charge on any atom is -0.456 e. The lowest BCUT2D eigenvalue weighted by molar-refractivity contribution is -0.206. The van der Waals surface area contributed by atoms with Crippen LogP contribution in [0.3, 0.4) is 0 Å². The largest absolute Gasteiger partial charge is 0.456 e. The fourth-order valence-corrected chi connectivity index (χ4v) is 2.00. The van der Waals surface area contributed by atoms with Gasteiger partial charge in [-0.2, -0.15) is 26.0 Å². The van der Waals surface area contributed by atoms with Crippen molar-refractivity contribution < 1.29 is 49.6 Å². The van der Waals surface area contributed by atoms with Crippen LogP contribution in [0.15, 0.2) is 24.3 Å². The van der Waals surface area contributed by atoms with E-state index in [1.807, 2.05) is 0 Å². The van der Waals surface area contributed by atoms with Crippen LogP contribution in [0.1, 0.15) is 36.7 Å². The standard InChI is InChI=1S/C15H16F4O7S/c1-13(2,3)26-11(20)10-6-4-9(5-7-10)8-25-12(21)14(16,17)15(18,19)27(22,23)24/h4-7H,8H2,1-3H3,(H,22,23,24). The molecule has 0 heterocycles. The van der Waals surface area contributed by atoms with E-state index in [4.69, 9.17) is 9.29 Å². The van der Waals surface area contributed by atoms with Crippen LogP contribution in [0.2, 0.25) is 0 Å². The third-order valence-electron chi connectivity index (χ3n) is 2.90. The van der Waals surface area contributed by atoms with Crippen LogP contribution in [0.4, 0.5) is 17.6 Å². The van der Waals surface area contributed by atoms with Crippen molar-refractivity contribution in [3.05, 3.63) is 35.4 Å². The van der Waals surface area contributed by atoms with Gasteiger partial charge in [-0.1, -0.05) is 12.1 Å². The van der Waals surface area contributed by atoms with Crippen molar-refractivity contribution in [2.24, 2.45) is 0 Å². The van der Waals surface area contributed by atoms with Gasteiger partial charge < -0.3 is 9.47 Å². The van der Waals surface area contributed by atoms with Crippen LogP contribution in [-0.2, 0) is 31.0 Å². The zero-order chi connectivity index (χ0) is 21.3. The van der Waals surface area contributed by atoms with E-state index in [-0.39, 0.29) is 11.1 Å². The summed E-state index contributed by atoms with van der Waals surface area (Å²) < 4.78 is 90.6. The Kier molecular flexibility index (Phi) is 6.28. The lowest BCUT2D eigenvalue weighted by atomic mass is 10.1. The van der Waals surface area contributed by atoms with E-state index in [2.05, 4.69) is 4.74 Å². The smallest absolute Gasteiger partial charge is 0.443 e. The van der Waals surface area contributed by atoms with Gasteiger partial charge in [0.2, 0.25) is 0 Å². The third kappa shape index (κ3) is 5.39. The Bertz CT molecular complexity index is 812. The molecule has 0 aliphatic carbocycles. The molecule has 0 spiro atoms. The first-order valence-electron chi connectivity index (χ1n) is 7.21. The quantitative estimate of drug-likeness (QED) is 0.432. The number of carbonyl (C=O) groups excluding carboxylic acids is 2. The minimum atomic E-state index is -6.55. The molecule has 0 atom stereocenters. The average Bonchev–Trinajstić information content (AvgIpc) is 2.50. The van der Waals surface area contributed by atoms with Crippen LogP contribution >= 0.6 is 0 Å². The minimum absolute atomic E-state index is 0.0432. The van der Waals surface area contributed by atoms with Gasteiger partial charge in [0.15, 0.2) is 0 Å². The van der Waals surface area contributed by atoms with Gasteiger partial charge in [0.1, 0.15) is 12.2 Å². The van der Waals surface area contributed by atoms with E-state index < -0.39 is 45.4 Å². The second-order valence-electron chi connectivity index (χ2n) is 6.34. The molecule has 1 rings (SSSR count). The highest BCUT2D eigenvalue weighted by Crippen LogP contribution is 2.39. The third-order valence-corrected chi connectivity index (χ3v) is 3.81. The van der Waals surface area contributed by atoms with Crippen molar-refractivity contribution >= 4 is 22.1 Å². The zero-order valence-electron chi connectivity index (χ0n) is 14.3. The van der Waals surface area contributed by atoms with E-state index in [9.17, 15) is 35.6 Å². The van der Waals surface area contributed by atoms with Crippen LogP contribution in [0.5, 0.6) is 0 Å². The van der Waals surface area contributed by atoms with Gasteiger partial charge in [-0.05, 0) is 38.5 Å². The molecule has 0 aromatic heterocycles. The van der Waals surface area contributed by atoms with Gasteiger partial charge in [0, 0.05) is 0 Å². The molecule has 27 heavy (non-hydrogen) atoms. The monoisotopic (exact) mass is 416 g/mol. The maximum atomic E-state index is 13.3. The second-order valence-corrected chi connectivity index (χ2v) is 7.80. The summed E-state index contributed by atoms with van der Waals surface area (Å²) in [6.07, 6.45) is 0. The second kappa shape index (κ2) is 7.43. The number of esters is 2. The normalized spacial score (nSPS) is 13.2. The number of hydrogen-bond donors (Lipinski definition) is 1. The Hall–Kier alpha value is -2.21. The van der Waals surface area contributed by atoms with E-state index in [0.717, 1.165) is 0 Å². The molecule has 1 aromatic rings. The Balaban J connectivity index is 2.81. The summed E-state index contributed by atoms with van der Waals surface area (Å²) in [6.45, 7) is 4.01. The SMILES string of the molecule is CC(C)(C)OC(=O)c1ccc(COC(=O)C(F)(F)C(F)(F)S(=O)(=O)O)cc1. The Morgan fingerprint density at radius 3 is 1.93 bits per heavy atom. The molecule has 0 amide bonds. The van der Waals surface area contributed by atoms with Crippen molar-refractivity contribution in [1.29, 1.82) is 0 Å². The predicted molar refractivity (Wildman–Crippen MR) is 82.8 cm³/mol. The van der Waals surface area contributed by atoms with E-state index in [1.54, 1.807) is 20.8 Å². The van der Waals surface area contributed by atoms with Gasteiger partial charge in [-0.15, -0.1) is 0 Å². The number of benzene rings is 1. The predicted octanol–water partition coefficient (Wildman–Crippen LogP) is 2.80. The molecule has 0 saturated carbocycles. The lowest BCUT2D eigenvalue weighted by Gasteiger charge is -2.22. The summed E-state index contributed by atoms with van der Waals surface area (Å²) in [5.74, 6) is -9.33. The van der Waals surface area contributed by atoms with Crippen molar-refractivity contribution in [1.82, 2.24) is 0 Å². The molecule has 0 aliphatic rings. The Morgan fingerprint density at radius 2 is 1.52 bits per heavy atom. The van der Waals surface area contributed by atoms with Crippen LogP contribution in [0.25, 0.3) is 0 Å². The van der Waals surface area contributed by atoms with E-state index in [1.165, 1.54) is 24.3 Å². The topological polar surface area (TPSA) is 107 Å². The Labute approximate surface area is 152 Å². The maximum absolute atomic E-state index is 13.3. The highest BCUT2D eigenvalue weighted by atomic mass is 32.2. The first-order chi connectivity index (χ1) is 12.0. The first kappa shape index (κ1) is 22.8. The summed E-state index contributed by atoms with van der Waals surface area (Å²) in [4.78, 5) is 23.0. The average molecular weight is 416 g/mol. The highest BCUT2D eigenvalue weighted by Gasteiger charge is 2.71. The molecule has 0 radical (unpaired) electrons. The molecule has 7 nitrogen and oxygen atoms in total. The molecule has 0 aliphatic heterocycles. The molecule has 0 fully saturated rings. The van der Waals surface area contributed by atoms with Crippen LogP contribution in [-0.4, -0.2) is 41.7 Å². The van der Waals surface area contributed by atoms with Crippen molar-refractivity contribution in [2.45, 2.75) is 44.2 Å². The van der Waals surface area contributed by atoms with Crippen molar-refractivity contribution in [3.8, 4) is 0 Å². The highest BCUT2D eigenvalue weighted by molar-refractivity contribution is 7.87. The zero-order valence-corrected chi connectivity index (χ0v) is 15.1. The molecule has 0 bridgehead atoms. The van der Waals surface area contributed by atoms with Crippen molar-refractivity contribution in [2.75, 3.05) is 0 Å². The number of alkyl halides is 4. The van der Waals surface area contributed by atoms with E-state index in [0.29, 0.717) is 0 Å². The number of ether oxygens (including phenoxy) is 2. The van der Waals surface area contributed by atoms with Gasteiger partial charge in [-0.3, -0.25) is 4.55 Å². The Morgan fingerprint density at radius 1 is 1.04 bits per heavy atom. The first-order valence-corrected chi connectivity index (χ1v) is 8.65. The van der Waals surface area contributed by atoms with Crippen LogP contribution in [0, 0.1) is 0 Å². The van der Waals surface area contributed by atoms with E-state index >= 15 is 0 Å². The van der Waals surface area contributed by atoms with Crippen molar-refractivity contribution in [3.63, 3.8) is 0 Å². The number of rotatable bonds is 6. The molecule has 1 N–H and O–H groups in total. The van der Waals surface area contributed by atoms with Gasteiger partial charge in [0.25, 0.3) is 0 Å². The summed E-state index contributed by atoms with van der Waals surface area (Å²) in [5.41, 5.74) is -0.611. The molecule has 0 unspecified atom stereocenters. The molecule has 0 saturated heterocycles. The van der Waals surface area contributed by atoms with Gasteiger partial charge in [-0.25, -0.2) is 9.59 Å². The molecule has 1 aromatic carbocycles. The molecular weight excluding hydrogens is 400 g/mol. The number of hydrogen-bond acceptors (Lipinski definition) is 6. The lowest BCUT2D eigenvalue weighted by Crippen LogP contribution is -2.52. The number of carbonyl (C=O) groups is 2. The molecule has 152 valence electrons. The van der Waals surface area contributed by atoms with Gasteiger partial charge >= 0.3 is 33.2 Å². The molecule has 12 heteroatoms. The summed E-state index contributed by atoms with van der Waals surface area (Å²) >= 11 is 0.